The van der Waals surface area contributed by atoms with Gasteiger partial charge in [0.2, 0.25) is 0 Å². The van der Waals surface area contributed by atoms with E-state index >= 15 is 0 Å². The molecular weight excluding hydrogens is 506 g/mol. The summed E-state index contributed by atoms with van der Waals surface area (Å²) in [4.78, 5) is 13.3. The van der Waals surface area contributed by atoms with Gasteiger partial charge in [0.25, 0.3) is 0 Å². The number of hydrogen-bond acceptors (Lipinski definition) is 2. The Morgan fingerprint density at radius 3 is 1.02 bits per heavy atom. The van der Waals surface area contributed by atoms with E-state index in [0.29, 0.717) is 13.0 Å². The number of aliphatic carboxylic acids is 1. The second kappa shape index (κ2) is 36.3. The molecule has 0 rings (SSSR count). The zero-order valence-electron chi connectivity index (χ0n) is 26.9. The van der Waals surface area contributed by atoms with Gasteiger partial charge < -0.3 is 5.11 Å². The fraction of sp³-hybridized carbons (Fsp3) is 0.861. The largest absolute Gasteiger partial charge is 0.481 e. The number of azide groups is 1. The highest BCUT2D eigenvalue weighted by molar-refractivity contribution is 5.66. The quantitative estimate of drug-likeness (QED) is 0.0273. The zero-order chi connectivity index (χ0) is 29.7. The van der Waals surface area contributed by atoms with E-state index < -0.39 is 5.97 Å². The molecule has 0 aliphatic carbocycles. The molecule has 1 N–H and O–H groups in total. The summed E-state index contributed by atoms with van der Waals surface area (Å²) in [5, 5.41) is 12.2. The summed E-state index contributed by atoms with van der Waals surface area (Å²) in [6.07, 6.45) is 47.5. The van der Waals surface area contributed by atoms with Crippen LogP contribution in [0.25, 0.3) is 10.4 Å². The third kappa shape index (κ3) is 38.3. The topological polar surface area (TPSA) is 86.1 Å². The van der Waals surface area contributed by atoms with Gasteiger partial charge in [-0.05, 0) is 69.7 Å². The average Bonchev–Trinajstić information content (AvgIpc) is 2.97. The van der Waals surface area contributed by atoms with Crippen LogP contribution in [0, 0.1) is 0 Å². The van der Waals surface area contributed by atoms with Crippen molar-refractivity contribution < 1.29 is 9.90 Å². The summed E-state index contributed by atoms with van der Waals surface area (Å²) < 4.78 is 0. The molecule has 0 fully saturated rings. The van der Waals surface area contributed by atoms with Crippen LogP contribution in [-0.4, -0.2) is 17.6 Å². The van der Waals surface area contributed by atoms with Crippen molar-refractivity contribution in [2.45, 2.75) is 193 Å². The van der Waals surface area contributed by atoms with Crippen LogP contribution in [-0.2, 0) is 4.79 Å². The number of rotatable bonds is 34. The fourth-order valence-electron chi connectivity index (χ4n) is 5.38. The monoisotopic (exact) mass is 574 g/mol. The van der Waals surface area contributed by atoms with Crippen molar-refractivity contribution in [2.24, 2.45) is 5.11 Å². The first-order chi connectivity index (χ1) is 20.3. The Hall–Kier alpha value is -1.74. The van der Waals surface area contributed by atoms with Crippen LogP contribution in [0.3, 0.4) is 0 Å². The molecule has 0 saturated carbocycles. The molecule has 5 nitrogen and oxygen atoms in total. The lowest BCUT2D eigenvalue weighted by atomic mass is 10.0. The molecule has 0 aliphatic heterocycles. The van der Waals surface area contributed by atoms with Crippen molar-refractivity contribution in [1.82, 2.24) is 0 Å². The number of carboxylic acid groups (broad SMARTS) is 1. The molecule has 0 saturated heterocycles. The van der Waals surface area contributed by atoms with Crippen molar-refractivity contribution in [1.29, 1.82) is 0 Å². The predicted octanol–water partition coefficient (Wildman–Crippen LogP) is 13.2. The fourth-order valence-corrected chi connectivity index (χ4v) is 5.38. The molecule has 0 amide bonds. The zero-order valence-corrected chi connectivity index (χ0v) is 26.9. The van der Waals surface area contributed by atoms with Crippen LogP contribution in [0.5, 0.6) is 0 Å². The summed E-state index contributed by atoms with van der Waals surface area (Å²) in [5.41, 5.74) is 8.24. The van der Waals surface area contributed by atoms with E-state index in [0.717, 1.165) is 19.3 Å². The number of allylic oxidation sites excluding steroid dienone is 4. The SMILES string of the molecule is [N-]=[N+]=NCCCCCCCCCCCC=CCCCCCCCCCCC=CCCCCCCCCCCC(=O)O. The minimum absolute atomic E-state index is 0.332. The lowest BCUT2D eigenvalue weighted by Gasteiger charge is -2.02. The predicted molar refractivity (Wildman–Crippen MR) is 178 cm³/mol. The molecule has 5 heteroatoms. The first-order valence-corrected chi connectivity index (χ1v) is 17.8. The molecule has 0 aromatic rings. The second-order valence-corrected chi connectivity index (χ2v) is 12.0. The van der Waals surface area contributed by atoms with E-state index in [1.807, 2.05) is 0 Å². The summed E-state index contributed by atoms with van der Waals surface area (Å²) in [5.74, 6) is -0.660. The van der Waals surface area contributed by atoms with Gasteiger partial charge in [0, 0.05) is 17.9 Å². The van der Waals surface area contributed by atoms with Crippen LogP contribution in [0.1, 0.15) is 193 Å². The summed E-state index contributed by atoms with van der Waals surface area (Å²) in [7, 11) is 0. The van der Waals surface area contributed by atoms with E-state index in [4.69, 9.17) is 10.6 Å². The second-order valence-electron chi connectivity index (χ2n) is 12.0. The van der Waals surface area contributed by atoms with Crippen LogP contribution < -0.4 is 0 Å². The number of carboxylic acids is 1. The Bertz CT molecular complexity index is 641. The average molecular weight is 574 g/mol. The molecule has 0 aromatic carbocycles. The van der Waals surface area contributed by atoms with Crippen molar-refractivity contribution in [3.63, 3.8) is 0 Å². The van der Waals surface area contributed by atoms with Gasteiger partial charge in [0.1, 0.15) is 0 Å². The number of nitrogens with zero attached hydrogens (tertiary/aromatic N) is 3. The maximum Gasteiger partial charge on any atom is 0.303 e. The molecule has 0 unspecified atom stereocenters. The number of unbranched alkanes of at least 4 members (excludes halogenated alkanes) is 26. The Balaban J connectivity index is 3.15. The van der Waals surface area contributed by atoms with E-state index in [9.17, 15) is 4.79 Å². The highest BCUT2D eigenvalue weighted by Gasteiger charge is 1.97. The van der Waals surface area contributed by atoms with E-state index in [2.05, 4.69) is 34.3 Å². The van der Waals surface area contributed by atoms with Crippen LogP contribution in [0.4, 0.5) is 0 Å². The van der Waals surface area contributed by atoms with E-state index in [1.165, 1.54) is 167 Å². The third-order valence-electron chi connectivity index (χ3n) is 8.03. The molecule has 0 radical (unpaired) electrons. The minimum atomic E-state index is -0.660. The molecule has 0 atom stereocenters. The summed E-state index contributed by atoms with van der Waals surface area (Å²) in [6, 6.07) is 0. The van der Waals surface area contributed by atoms with Crippen molar-refractivity contribution >= 4 is 5.97 Å². The van der Waals surface area contributed by atoms with Gasteiger partial charge in [0.05, 0.1) is 0 Å². The first kappa shape index (κ1) is 39.3. The van der Waals surface area contributed by atoms with Crippen molar-refractivity contribution in [3.05, 3.63) is 34.7 Å². The van der Waals surface area contributed by atoms with Crippen LogP contribution in [0.15, 0.2) is 29.4 Å². The smallest absolute Gasteiger partial charge is 0.303 e. The molecule has 238 valence electrons. The van der Waals surface area contributed by atoms with Crippen molar-refractivity contribution in [2.75, 3.05) is 6.54 Å². The van der Waals surface area contributed by atoms with E-state index in [1.54, 1.807) is 0 Å². The normalized spacial score (nSPS) is 11.5. The van der Waals surface area contributed by atoms with Gasteiger partial charge in [0.15, 0.2) is 0 Å². The molecule has 0 spiro atoms. The van der Waals surface area contributed by atoms with Crippen LogP contribution >= 0.6 is 0 Å². The molecule has 0 bridgehead atoms. The summed E-state index contributed by atoms with van der Waals surface area (Å²) in [6.45, 7) is 0.662. The third-order valence-corrected chi connectivity index (χ3v) is 8.03. The van der Waals surface area contributed by atoms with Gasteiger partial charge in [-0.3, -0.25) is 4.79 Å². The Morgan fingerprint density at radius 2 is 0.732 bits per heavy atom. The van der Waals surface area contributed by atoms with Gasteiger partial charge >= 0.3 is 5.97 Å². The highest BCUT2D eigenvalue weighted by Crippen LogP contribution is 2.14. The number of hydrogen-bond donors (Lipinski definition) is 1. The Labute approximate surface area is 254 Å². The lowest BCUT2D eigenvalue weighted by molar-refractivity contribution is -0.137. The molecule has 0 aliphatic rings. The minimum Gasteiger partial charge on any atom is -0.481 e. The Kier molecular flexibility index (Phi) is 34.7. The maximum absolute atomic E-state index is 10.5. The number of carbonyl (C=O) groups is 1. The Morgan fingerprint density at radius 1 is 0.463 bits per heavy atom. The van der Waals surface area contributed by atoms with Gasteiger partial charge in [-0.25, -0.2) is 0 Å². The van der Waals surface area contributed by atoms with Gasteiger partial charge in [-0.2, -0.15) is 0 Å². The molecule has 0 aromatic heterocycles. The molecular formula is C36H67N3O2. The van der Waals surface area contributed by atoms with Crippen molar-refractivity contribution in [3.8, 4) is 0 Å². The van der Waals surface area contributed by atoms with Gasteiger partial charge in [-0.15, -0.1) is 0 Å². The van der Waals surface area contributed by atoms with E-state index in [-0.39, 0.29) is 0 Å². The van der Waals surface area contributed by atoms with Crippen LogP contribution in [0.2, 0.25) is 0 Å². The standard InChI is InChI=1S/C36H67N3O2/c37-39-38-35-33-31-29-27-25-23-21-19-17-15-13-11-9-7-5-3-1-2-4-6-8-10-12-14-16-18-20-22-24-26-28-30-32-34-36(40)41/h11-14H,1-10,15-35H2,(H,40,41). The molecule has 41 heavy (non-hydrogen) atoms. The van der Waals surface area contributed by atoms with Gasteiger partial charge in [-0.1, -0.05) is 151 Å². The molecule has 0 heterocycles. The highest BCUT2D eigenvalue weighted by atomic mass is 16.4. The first-order valence-electron chi connectivity index (χ1n) is 17.8. The summed E-state index contributed by atoms with van der Waals surface area (Å²) >= 11 is 0. The lowest BCUT2D eigenvalue weighted by Crippen LogP contribution is -1.93. The maximum atomic E-state index is 10.5.